The van der Waals surface area contributed by atoms with Gasteiger partial charge in [-0.15, -0.1) is 5.10 Å². The third-order valence-corrected chi connectivity index (χ3v) is 8.70. The van der Waals surface area contributed by atoms with E-state index in [1.807, 2.05) is 78.9 Å². The minimum absolute atomic E-state index is 0.0104. The van der Waals surface area contributed by atoms with Gasteiger partial charge in [0.25, 0.3) is 0 Å². The Labute approximate surface area is 273 Å². The Morgan fingerprint density at radius 2 is 1.65 bits per heavy atom. The van der Waals surface area contributed by atoms with E-state index in [0.29, 0.717) is 36.8 Å². The summed E-state index contributed by atoms with van der Waals surface area (Å²) in [5.41, 5.74) is 4.61. The van der Waals surface area contributed by atoms with Crippen molar-refractivity contribution in [1.29, 1.82) is 0 Å². The van der Waals surface area contributed by atoms with Crippen LogP contribution in [0, 0.1) is 0 Å². The molecule has 1 fully saturated rings. The lowest BCUT2D eigenvalue weighted by molar-refractivity contribution is -0.245. The average Bonchev–Trinajstić information content (AvgIpc) is 3.57. The number of carbonyl (C=O) groups excluding carboxylic acids is 2. The normalized spacial score (nSPS) is 17.8. The summed E-state index contributed by atoms with van der Waals surface area (Å²) in [6.45, 7) is 2.57. The van der Waals surface area contributed by atoms with Crippen molar-refractivity contribution >= 4 is 23.6 Å². The number of aromatic nitrogens is 4. The maximum atomic E-state index is 12.3. The van der Waals surface area contributed by atoms with Crippen LogP contribution in [0.2, 0.25) is 0 Å². The SMILES string of the molecule is CC(=O)NCCCCCC(=O)NCc1ccc(C2OC(CSc3nnnn3-c3ccccc3)CC(c3ccc(CO)cc3)O2)cc1. The Morgan fingerprint density at radius 3 is 2.39 bits per heavy atom. The van der Waals surface area contributed by atoms with Crippen LogP contribution in [0.4, 0.5) is 0 Å². The van der Waals surface area contributed by atoms with E-state index in [2.05, 4.69) is 26.2 Å². The summed E-state index contributed by atoms with van der Waals surface area (Å²) in [6.07, 6.45) is 2.69. The van der Waals surface area contributed by atoms with Gasteiger partial charge in [0.15, 0.2) is 6.29 Å². The Morgan fingerprint density at radius 1 is 0.913 bits per heavy atom. The van der Waals surface area contributed by atoms with Crippen LogP contribution in [0.3, 0.4) is 0 Å². The smallest absolute Gasteiger partial charge is 0.220 e. The number of amides is 2. The highest BCUT2D eigenvalue weighted by atomic mass is 32.2. The van der Waals surface area contributed by atoms with E-state index >= 15 is 0 Å². The van der Waals surface area contributed by atoms with Crippen molar-refractivity contribution in [2.75, 3.05) is 12.3 Å². The number of thioether (sulfide) groups is 1. The summed E-state index contributed by atoms with van der Waals surface area (Å²) in [7, 11) is 0. The van der Waals surface area contributed by atoms with Crippen LogP contribution in [-0.4, -0.2) is 55.5 Å². The summed E-state index contributed by atoms with van der Waals surface area (Å²) >= 11 is 1.53. The van der Waals surface area contributed by atoms with Crippen molar-refractivity contribution in [3.8, 4) is 5.69 Å². The molecule has 5 rings (SSSR count). The zero-order valence-electron chi connectivity index (χ0n) is 25.9. The van der Waals surface area contributed by atoms with Crippen LogP contribution in [0.1, 0.15) is 73.7 Å². The van der Waals surface area contributed by atoms with Crippen LogP contribution < -0.4 is 10.6 Å². The molecule has 3 unspecified atom stereocenters. The van der Waals surface area contributed by atoms with Gasteiger partial charge in [0.05, 0.1) is 24.5 Å². The molecule has 4 aromatic rings. The number of hydrogen-bond donors (Lipinski definition) is 3. The average molecular weight is 645 g/mol. The first-order valence-corrected chi connectivity index (χ1v) is 16.5. The molecule has 2 amide bonds. The predicted octanol–water partition coefficient (Wildman–Crippen LogP) is 4.81. The number of nitrogens with one attached hydrogen (secondary N) is 2. The summed E-state index contributed by atoms with van der Waals surface area (Å²) < 4.78 is 14.7. The summed E-state index contributed by atoms with van der Waals surface area (Å²) in [6, 6.07) is 25.5. The third kappa shape index (κ3) is 9.70. The molecule has 2 heterocycles. The summed E-state index contributed by atoms with van der Waals surface area (Å²) in [5.74, 6) is 0.600. The number of hydrogen-bond acceptors (Lipinski definition) is 9. The summed E-state index contributed by atoms with van der Waals surface area (Å²) in [5, 5.41) is 28.2. The van der Waals surface area contributed by atoms with Gasteiger partial charge in [-0.3, -0.25) is 9.59 Å². The molecule has 46 heavy (non-hydrogen) atoms. The van der Waals surface area contributed by atoms with Gasteiger partial charge in [-0.1, -0.05) is 84.9 Å². The first-order chi connectivity index (χ1) is 22.5. The molecular formula is C34H40N6O5S. The lowest BCUT2D eigenvalue weighted by atomic mass is 10.0. The molecule has 3 atom stereocenters. The zero-order chi connectivity index (χ0) is 32.1. The number of tetrazole rings is 1. The fourth-order valence-corrected chi connectivity index (χ4v) is 6.03. The van der Waals surface area contributed by atoms with Gasteiger partial charge >= 0.3 is 0 Å². The molecule has 1 aliphatic rings. The molecule has 242 valence electrons. The largest absolute Gasteiger partial charge is 0.392 e. The molecule has 0 saturated carbocycles. The third-order valence-electron chi connectivity index (χ3n) is 7.65. The number of ether oxygens (including phenoxy) is 2. The number of para-hydroxylation sites is 1. The number of rotatable bonds is 15. The van der Waals surface area contributed by atoms with Crippen LogP contribution in [0.5, 0.6) is 0 Å². The lowest BCUT2D eigenvalue weighted by Crippen LogP contribution is -2.31. The van der Waals surface area contributed by atoms with Crippen molar-refractivity contribution in [3.63, 3.8) is 0 Å². The van der Waals surface area contributed by atoms with E-state index < -0.39 is 6.29 Å². The molecule has 1 aliphatic heterocycles. The number of aliphatic hydroxyl groups is 1. The van der Waals surface area contributed by atoms with Crippen LogP contribution in [0.15, 0.2) is 84.0 Å². The Kier molecular flexibility index (Phi) is 12.3. The number of unbranched alkanes of at least 4 members (excludes halogenated alkanes) is 2. The van der Waals surface area contributed by atoms with E-state index in [0.717, 1.165) is 47.2 Å². The first kappa shape index (κ1) is 33.3. The number of carbonyl (C=O) groups is 2. The molecule has 1 saturated heterocycles. The van der Waals surface area contributed by atoms with Crippen molar-refractivity contribution in [1.82, 2.24) is 30.8 Å². The molecule has 1 aromatic heterocycles. The minimum Gasteiger partial charge on any atom is -0.392 e. The van der Waals surface area contributed by atoms with Crippen molar-refractivity contribution in [2.24, 2.45) is 0 Å². The van der Waals surface area contributed by atoms with Gasteiger partial charge in [-0.05, 0) is 52.1 Å². The number of aliphatic hydroxyl groups excluding tert-OH is 1. The highest BCUT2D eigenvalue weighted by Crippen LogP contribution is 2.39. The second-order valence-corrected chi connectivity index (χ2v) is 12.2. The standard InChI is InChI=1S/C34H40N6O5S/c1-24(42)35-19-7-3-6-10-32(43)36-21-25-11-17-28(18-12-25)33-44-30(20-31(45-33)27-15-13-26(22-41)14-16-27)23-46-34-37-38-39-40(34)29-8-4-2-5-9-29/h2,4-5,8-9,11-18,30-31,33,41H,3,6-7,10,19-23H2,1H3,(H,35,42)(H,36,43). The van der Waals surface area contributed by atoms with Gasteiger partial charge in [-0.25, -0.2) is 0 Å². The second kappa shape index (κ2) is 17.0. The van der Waals surface area contributed by atoms with E-state index in [1.165, 1.54) is 18.7 Å². The van der Waals surface area contributed by atoms with Crippen LogP contribution in [-0.2, 0) is 32.2 Å². The second-order valence-electron chi connectivity index (χ2n) is 11.2. The molecule has 0 aliphatic carbocycles. The molecule has 12 heteroatoms. The van der Waals surface area contributed by atoms with Crippen molar-refractivity contribution < 1.29 is 24.2 Å². The highest BCUT2D eigenvalue weighted by Gasteiger charge is 2.32. The van der Waals surface area contributed by atoms with Crippen molar-refractivity contribution in [3.05, 3.63) is 101 Å². The molecule has 3 aromatic carbocycles. The zero-order valence-corrected chi connectivity index (χ0v) is 26.7. The van der Waals surface area contributed by atoms with E-state index in [4.69, 9.17) is 9.47 Å². The van der Waals surface area contributed by atoms with Crippen LogP contribution >= 0.6 is 11.8 Å². The van der Waals surface area contributed by atoms with Gasteiger partial charge in [0, 0.05) is 44.2 Å². The fraction of sp³-hybridized carbons (Fsp3) is 0.382. The number of nitrogens with zero attached hydrogens (tertiary/aromatic N) is 4. The number of benzene rings is 3. The van der Waals surface area contributed by atoms with E-state index in [-0.39, 0.29) is 30.6 Å². The molecule has 0 spiro atoms. The first-order valence-electron chi connectivity index (χ1n) is 15.6. The predicted molar refractivity (Wildman–Crippen MR) is 174 cm³/mol. The Hall–Kier alpha value is -4.10. The quantitative estimate of drug-likeness (QED) is 0.123. The Balaban J connectivity index is 1.19. The monoisotopic (exact) mass is 644 g/mol. The fourth-order valence-electron chi connectivity index (χ4n) is 5.12. The molecule has 0 bridgehead atoms. The maximum absolute atomic E-state index is 12.3. The van der Waals surface area contributed by atoms with Crippen LogP contribution in [0.25, 0.3) is 5.69 Å². The van der Waals surface area contributed by atoms with E-state index in [9.17, 15) is 14.7 Å². The van der Waals surface area contributed by atoms with Gasteiger partial charge in [0.2, 0.25) is 17.0 Å². The Bertz CT molecular complexity index is 1530. The highest BCUT2D eigenvalue weighted by molar-refractivity contribution is 7.99. The molecule has 11 nitrogen and oxygen atoms in total. The van der Waals surface area contributed by atoms with Gasteiger partial charge in [-0.2, -0.15) is 4.68 Å². The maximum Gasteiger partial charge on any atom is 0.220 e. The van der Waals surface area contributed by atoms with Gasteiger partial charge in [0.1, 0.15) is 0 Å². The summed E-state index contributed by atoms with van der Waals surface area (Å²) in [4.78, 5) is 23.3. The van der Waals surface area contributed by atoms with E-state index in [1.54, 1.807) is 4.68 Å². The topological polar surface area (TPSA) is 140 Å². The lowest BCUT2D eigenvalue weighted by Gasteiger charge is -2.36. The van der Waals surface area contributed by atoms with Gasteiger partial charge < -0.3 is 25.2 Å². The molecule has 0 radical (unpaired) electrons. The molecule has 3 N–H and O–H groups in total. The van der Waals surface area contributed by atoms with Crippen molar-refractivity contribution in [2.45, 2.75) is 75.8 Å². The molecular weight excluding hydrogens is 604 g/mol. The minimum atomic E-state index is -0.590.